The zero-order valence-electron chi connectivity index (χ0n) is 15.7. The molecule has 0 bridgehead atoms. The number of carbonyl (C=O) groups is 1. The second-order valence-electron chi connectivity index (χ2n) is 6.68. The lowest BCUT2D eigenvalue weighted by Gasteiger charge is -2.34. The molecule has 0 atom stereocenters. The van der Waals surface area contributed by atoms with Crippen LogP contribution in [0.1, 0.15) is 11.1 Å². The minimum atomic E-state index is 0.0147. The van der Waals surface area contributed by atoms with Crippen molar-refractivity contribution >= 4 is 17.6 Å². The third-order valence-electron chi connectivity index (χ3n) is 4.86. The summed E-state index contributed by atoms with van der Waals surface area (Å²) in [5, 5.41) is 3.82. The molecule has 1 aliphatic heterocycles. The third kappa shape index (κ3) is 5.62. The largest absolute Gasteiger partial charge is 0.497 e. The molecule has 0 spiro atoms. The highest BCUT2D eigenvalue weighted by atomic mass is 35.5. The van der Waals surface area contributed by atoms with Crippen molar-refractivity contribution in [2.24, 2.45) is 0 Å². The van der Waals surface area contributed by atoms with Crippen LogP contribution in [-0.2, 0) is 13.0 Å². The maximum atomic E-state index is 12.4. The van der Waals surface area contributed by atoms with E-state index < -0.39 is 0 Å². The predicted molar refractivity (Wildman–Crippen MR) is 108 cm³/mol. The van der Waals surface area contributed by atoms with Crippen LogP contribution in [0.3, 0.4) is 0 Å². The lowest BCUT2D eigenvalue weighted by Crippen LogP contribution is -2.51. The number of amides is 2. The Hall–Kier alpha value is -2.24. The van der Waals surface area contributed by atoms with Crippen LogP contribution in [0, 0.1) is 0 Å². The normalized spacial score (nSPS) is 14.8. The lowest BCUT2D eigenvalue weighted by molar-refractivity contribution is 0.135. The van der Waals surface area contributed by atoms with E-state index in [1.165, 1.54) is 5.56 Å². The first-order valence-corrected chi connectivity index (χ1v) is 9.65. The van der Waals surface area contributed by atoms with Gasteiger partial charge in [-0.15, -0.1) is 0 Å². The van der Waals surface area contributed by atoms with E-state index in [1.807, 2.05) is 47.4 Å². The number of urea groups is 1. The second kappa shape index (κ2) is 9.62. The topological polar surface area (TPSA) is 44.8 Å². The molecule has 1 saturated heterocycles. The number of hydrogen-bond acceptors (Lipinski definition) is 3. The highest BCUT2D eigenvalue weighted by molar-refractivity contribution is 6.31. The monoisotopic (exact) mass is 387 g/mol. The molecule has 0 aliphatic carbocycles. The van der Waals surface area contributed by atoms with E-state index >= 15 is 0 Å². The van der Waals surface area contributed by atoms with Gasteiger partial charge in [-0.1, -0.05) is 41.9 Å². The maximum absolute atomic E-state index is 12.4. The summed E-state index contributed by atoms with van der Waals surface area (Å²) in [6.07, 6.45) is 0.808. The SMILES string of the molecule is COc1ccc(CCNC(=O)N2CCN(Cc3ccccc3Cl)CC2)cc1. The summed E-state index contributed by atoms with van der Waals surface area (Å²) in [5.74, 6) is 0.845. The molecule has 0 radical (unpaired) electrons. The first kappa shape index (κ1) is 19.5. The molecule has 1 aliphatic rings. The lowest BCUT2D eigenvalue weighted by atomic mass is 10.1. The summed E-state index contributed by atoms with van der Waals surface area (Å²) in [6.45, 7) is 4.64. The van der Waals surface area contributed by atoms with Crippen LogP contribution < -0.4 is 10.1 Å². The number of nitrogens with one attached hydrogen (secondary N) is 1. The first-order chi connectivity index (χ1) is 13.2. The molecular weight excluding hydrogens is 362 g/mol. The second-order valence-corrected chi connectivity index (χ2v) is 7.09. The predicted octanol–water partition coefficient (Wildman–Crippen LogP) is 3.42. The number of nitrogens with zero attached hydrogens (tertiary/aromatic N) is 2. The number of methoxy groups -OCH3 is 1. The molecule has 0 aromatic heterocycles. The smallest absolute Gasteiger partial charge is 0.317 e. The molecule has 6 heteroatoms. The molecular formula is C21H26ClN3O2. The van der Waals surface area contributed by atoms with Crippen LogP contribution in [0.15, 0.2) is 48.5 Å². The molecule has 2 aromatic carbocycles. The highest BCUT2D eigenvalue weighted by Gasteiger charge is 2.21. The zero-order chi connectivity index (χ0) is 19.1. The Morgan fingerprint density at radius 3 is 2.44 bits per heavy atom. The molecule has 27 heavy (non-hydrogen) atoms. The fourth-order valence-corrected chi connectivity index (χ4v) is 3.39. The van der Waals surface area contributed by atoms with E-state index in [-0.39, 0.29) is 6.03 Å². The summed E-state index contributed by atoms with van der Waals surface area (Å²) in [6, 6.07) is 15.9. The van der Waals surface area contributed by atoms with Gasteiger partial charge < -0.3 is 15.0 Å². The van der Waals surface area contributed by atoms with Gasteiger partial charge in [0.1, 0.15) is 5.75 Å². The minimum absolute atomic E-state index is 0.0147. The van der Waals surface area contributed by atoms with Gasteiger partial charge in [0.05, 0.1) is 7.11 Å². The van der Waals surface area contributed by atoms with Gasteiger partial charge in [-0.25, -0.2) is 4.79 Å². The quantitative estimate of drug-likeness (QED) is 0.826. The number of rotatable bonds is 6. The van der Waals surface area contributed by atoms with E-state index in [0.717, 1.165) is 55.5 Å². The molecule has 2 aromatic rings. The van der Waals surface area contributed by atoms with Crippen molar-refractivity contribution in [3.63, 3.8) is 0 Å². The Bertz CT molecular complexity index is 743. The van der Waals surface area contributed by atoms with Crippen molar-refractivity contribution in [1.82, 2.24) is 15.1 Å². The van der Waals surface area contributed by atoms with Gasteiger partial charge in [0.25, 0.3) is 0 Å². The Morgan fingerprint density at radius 2 is 1.78 bits per heavy atom. The molecule has 144 valence electrons. The zero-order valence-corrected chi connectivity index (χ0v) is 16.4. The van der Waals surface area contributed by atoms with E-state index in [1.54, 1.807) is 7.11 Å². The van der Waals surface area contributed by atoms with Gasteiger partial charge in [0.15, 0.2) is 0 Å². The van der Waals surface area contributed by atoms with Crippen molar-refractivity contribution < 1.29 is 9.53 Å². The molecule has 5 nitrogen and oxygen atoms in total. The molecule has 1 fully saturated rings. The molecule has 3 rings (SSSR count). The van der Waals surface area contributed by atoms with Crippen molar-refractivity contribution in [3.8, 4) is 5.75 Å². The summed E-state index contributed by atoms with van der Waals surface area (Å²) < 4.78 is 5.16. The fourth-order valence-electron chi connectivity index (χ4n) is 3.19. The third-order valence-corrected chi connectivity index (χ3v) is 5.23. The van der Waals surface area contributed by atoms with Crippen LogP contribution >= 0.6 is 11.6 Å². The maximum Gasteiger partial charge on any atom is 0.317 e. The van der Waals surface area contributed by atoms with Gasteiger partial charge in [-0.05, 0) is 35.7 Å². The summed E-state index contributed by atoms with van der Waals surface area (Å²) >= 11 is 6.24. The number of benzene rings is 2. The van der Waals surface area contributed by atoms with E-state index in [0.29, 0.717) is 6.54 Å². The van der Waals surface area contributed by atoms with Crippen molar-refractivity contribution in [3.05, 3.63) is 64.7 Å². The van der Waals surface area contributed by atoms with Crippen LogP contribution in [0.25, 0.3) is 0 Å². The van der Waals surface area contributed by atoms with Crippen molar-refractivity contribution in [1.29, 1.82) is 0 Å². The number of ether oxygens (including phenoxy) is 1. The van der Waals surface area contributed by atoms with Gasteiger partial charge in [-0.2, -0.15) is 0 Å². The summed E-state index contributed by atoms with van der Waals surface area (Å²) in [7, 11) is 1.66. The Kier molecular flexibility index (Phi) is 6.96. The van der Waals surface area contributed by atoms with Crippen molar-refractivity contribution in [2.75, 3.05) is 39.8 Å². The summed E-state index contributed by atoms with van der Waals surface area (Å²) in [5.41, 5.74) is 2.32. The average Bonchev–Trinajstić information content (AvgIpc) is 2.71. The van der Waals surface area contributed by atoms with Gasteiger partial charge >= 0.3 is 6.03 Å². The van der Waals surface area contributed by atoms with Crippen LogP contribution in [0.2, 0.25) is 5.02 Å². The number of halogens is 1. The molecule has 1 N–H and O–H groups in total. The molecule has 0 unspecified atom stereocenters. The average molecular weight is 388 g/mol. The standard InChI is InChI=1S/C21H26ClN3O2/c1-27-19-8-6-17(7-9-19)10-11-23-21(26)25-14-12-24(13-15-25)16-18-4-2-3-5-20(18)22/h2-9H,10-16H2,1H3,(H,23,26). The number of hydrogen-bond donors (Lipinski definition) is 1. The van der Waals surface area contributed by atoms with Gasteiger partial charge in [0, 0.05) is 44.3 Å². The van der Waals surface area contributed by atoms with Gasteiger partial charge in [0.2, 0.25) is 0 Å². The van der Waals surface area contributed by atoms with E-state index in [9.17, 15) is 4.79 Å². The van der Waals surface area contributed by atoms with E-state index in [4.69, 9.17) is 16.3 Å². The van der Waals surface area contributed by atoms with Gasteiger partial charge in [-0.3, -0.25) is 4.90 Å². The Morgan fingerprint density at radius 1 is 1.07 bits per heavy atom. The number of piperazine rings is 1. The fraction of sp³-hybridized carbons (Fsp3) is 0.381. The Balaban J connectivity index is 1.38. The molecule has 2 amide bonds. The Labute approximate surface area is 165 Å². The molecule has 1 heterocycles. The van der Waals surface area contributed by atoms with Crippen molar-refractivity contribution in [2.45, 2.75) is 13.0 Å². The number of carbonyl (C=O) groups excluding carboxylic acids is 1. The van der Waals surface area contributed by atoms with E-state index in [2.05, 4.69) is 16.3 Å². The van der Waals surface area contributed by atoms with Crippen LogP contribution in [0.5, 0.6) is 5.75 Å². The molecule has 0 saturated carbocycles. The highest BCUT2D eigenvalue weighted by Crippen LogP contribution is 2.18. The van der Waals surface area contributed by atoms with Crippen LogP contribution in [-0.4, -0.2) is 55.7 Å². The first-order valence-electron chi connectivity index (χ1n) is 9.27. The van der Waals surface area contributed by atoms with Crippen LogP contribution in [0.4, 0.5) is 4.79 Å². The minimum Gasteiger partial charge on any atom is -0.497 e. The summed E-state index contributed by atoms with van der Waals surface area (Å²) in [4.78, 5) is 16.6.